The highest BCUT2D eigenvalue weighted by molar-refractivity contribution is 5.97. The SMILES string of the molecule is CN1CCN(c2ccccc2)c2nc3n(c21)N(C)CCN3c1ccc2cccc(-c3ccc4ccccc4c3)c2n1. The van der Waals surface area contributed by atoms with Crippen molar-refractivity contribution in [2.75, 3.05) is 60.0 Å². The van der Waals surface area contributed by atoms with Crippen molar-refractivity contribution >= 4 is 50.8 Å². The Morgan fingerprint density at radius 3 is 2.24 bits per heavy atom. The summed E-state index contributed by atoms with van der Waals surface area (Å²) in [6, 6.07) is 36.5. The Kier molecular flexibility index (Phi) is 5.38. The molecule has 2 aromatic heterocycles. The van der Waals surface area contributed by atoms with Gasteiger partial charge in [-0.15, -0.1) is 0 Å². The van der Waals surface area contributed by atoms with Gasteiger partial charge in [-0.05, 0) is 46.7 Å². The van der Waals surface area contributed by atoms with E-state index in [1.54, 1.807) is 0 Å². The minimum absolute atomic E-state index is 0.804. The van der Waals surface area contributed by atoms with E-state index in [0.717, 1.165) is 71.7 Å². The topological polar surface area (TPSA) is 43.7 Å². The molecule has 0 spiro atoms. The second-order valence-electron chi connectivity index (χ2n) is 10.9. The van der Waals surface area contributed by atoms with E-state index in [1.165, 1.54) is 16.3 Å². The molecule has 41 heavy (non-hydrogen) atoms. The van der Waals surface area contributed by atoms with Gasteiger partial charge in [0.05, 0.1) is 12.1 Å². The molecule has 0 fully saturated rings. The van der Waals surface area contributed by atoms with E-state index in [4.69, 9.17) is 9.97 Å². The predicted octanol–water partition coefficient (Wildman–Crippen LogP) is 6.56. The van der Waals surface area contributed by atoms with Crippen molar-refractivity contribution in [1.82, 2.24) is 14.6 Å². The molecule has 7 heteroatoms. The molecule has 4 aromatic carbocycles. The number of hydrogen-bond acceptors (Lipinski definition) is 6. The molecule has 0 atom stereocenters. The van der Waals surface area contributed by atoms with E-state index in [2.05, 4.69) is 142 Å². The molecule has 0 unspecified atom stereocenters. The van der Waals surface area contributed by atoms with E-state index in [-0.39, 0.29) is 0 Å². The second kappa shape index (κ2) is 9.27. The number of benzene rings is 4. The molecule has 2 aliphatic rings. The van der Waals surface area contributed by atoms with Crippen LogP contribution in [0.5, 0.6) is 0 Å². The smallest absolute Gasteiger partial charge is 0.234 e. The molecule has 4 heterocycles. The fraction of sp³-hybridized carbons (Fsp3) is 0.176. The van der Waals surface area contributed by atoms with E-state index in [1.807, 2.05) is 0 Å². The average molecular weight is 538 g/mol. The standard InChI is InChI=1S/C34H31N7/c1-37-19-21-39(28-12-4-3-5-13-28)32-33(37)41-34(36-32)40(22-20-38(41)2)30-18-17-25-11-8-14-29(31(25)35-30)27-16-15-24-9-6-7-10-26(24)23-27/h3-18,23H,19-22H2,1-2H3. The number of pyridine rings is 1. The highest BCUT2D eigenvalue weighted by Gasteiger charge is 2.35. The first-order valence-corrected chi connectivity index (χ1v) is 14.2. The van der Waals surface area contributed by atoms with Gasteiger partial charge in [0.15, 0.2) is 11.6 Å². The number of para-hydroxylation sites is 2. The summed E-state index contributed by atoms with van der Waals surface area (Å²) in [4.78, 5) is 17.5. The maximum atomic E-state index is 5.31. The molecule has 7 nitrogen and oxygen atoms in total. The monoisotopic (exact) mass is 537 g/mol. The molecule has 0 saturated carbocycles. The molecule has 0 N–H and O–H groups in total. The van der Waals surface area contributed by atoms with Crippen LogP contribution in [0.2, 0.25) is 0 Å². The van der Waals surface area contributed by atoms with Crippen LogP contribution in [0.15, 0.2) is 103 Å². The van der Waals surface area contributed by atoms with Crippen molar-refractivity contribution in [3.8, 4) is 11.1 Å². The fourth-order valence-electron chi connectivity index (χ4n) is 6.24. The van der Waals surface area contributed by atoms with Crippen LogP contribution in [0.1, 0.15) is 0 Å². The molecule has 0 radical (unpaired) electrons. The lowest BCUT2D eigenvalue weighted by atomic mass is 9.99. The Balaban J connectivity index is 1.26. The zero-order chi connectivity index (χ0) is 27.5. The van der Waals surface area contributed by atoms with Crippen LogP contribution in [0, 0.1) is 0 Å². The quantitative estimate of drug-likeness (QED) is 0.255. The first kappa shape index (κ1) is 23.8. The molecular weight excluding hydrogens is 506 g/mol. The molecule has 0 bridgehead atoms. The third kappa shape index (κ3) is 3.80. The number of anilines is 5. The number of rotatable bonds is 3. The van der Waals surface area contributed by atoms with Crippen LogP contribution < -0.4 is 19.7 Å². The summed E-state index contributed by atoms with van der Waals surface area (Å²) in [5, 5.41) is 5.88. The van der Waals surface area contributed by atoms with E-state index >= 15 is 0 Å². The van der Waals surface area contributed by atoms with Gasteiger partial charge >= 0.3 is 0 Å². The van der Waals surface area contributed by atoms with Gasteiger partial charge in [0.2, 0.25) is 5.95 Å². The molecule has 202 valence electrons. The maximum absolute atomic E-state index is 5.31. The summed E-state index contributed by atoms with van der Waals surface area (Å²) in [6.07, 6.45) is 0. The van der Waals surface area contributed by atoms with E-state index in [0.29, 0.717) is 0 Å². The fourth-order valence-corrected chi connectivity index (χ4v) is 6.24. The van der Waals surface area contributed by atoms with Gasteiger partial charge in [-0.25, -0.2) is 9.66 Å². The zero-order valence-electron chi connectivity index (χ0n) is 23.3. The van der Waals surface area contributed by atoms with Gasteiger partial charge in [-0.3, -0.25) is 4.90 Å². The minimum atomic E-state index is 0.804. The van der Waals surface area contributed by atoms with Crippen LogP contribution in [0.4, 0.5) is 29.1 Å². The van der Waals surface area contributed by atoms with E-state index in [9.17, 15) is 0 Å². The summed E-state index contributed by atoms with van der Waals surface area (Å²) >= 11 is 0. The Hall–Kier alpha value is -5.04. The predicted molar refractivity (Wildman–Crippen MR) is 170 cm³/mol. The van der Waals surface area contributed by atoms with Crippen molar-refractivity contribution in [2.24, 2.45) is 0 Å². The minimum Gasteiger partial charge on any atom is -0.355 e. The average Bonchev–Trinajstić information content (AvgIpc) is 3.43. The summed E-state index contributed by atoms with van der Waals surface area (Å²) in [5.41, 5.74) is 4.48. The van der Waals surface area contributed by atoms with Crippen molar-refractivity contribution in [3.63, 3.8) is 0 Å². The normalized spacial score (nSPS) is 15.0. The number of likely N-dealkylation sites (N-methyl/N-ethyl adjacent to an activating group) is 2. The lowest BCUT2D eigenvalue weighted by Crippen LogP contribution is -2.47. The summed E-state index contributed by atoms with van der Waals surface area (Å²) in [7, 11) is 4.30. The second-order valence-corrected chi connectivity index (χ2v) is 10.9. The summed E-state index contributed by atoms with van der Waals surface area (Å²) in [6.45, 7) is 3.47. The highest BCUT2D eigenvalue weighted by Crippen LogP contribution is 2.42. The van der Waals surface area contributed by atoms with Crippen molar-refractivity contribution in [1.29, 1.82) is 0 Å². The summed E-state index contributed by atoms with van der Waals surface area (Å²) in [5.74, 6) is 3.90. The zero-order valence-corrected chi connectivity index (χ0v) is 23.3. The Morgan fingerprint density at radius 2 is 1.37 bits per heavy atom. The molecule has 2 aliphatic heterocycles. The van der Waals surface area contributed by atoms with Crippen molar-refractivity contribution in [3.05, 3.63) is 103 Å². The molecule has 8 rings (SSSR count). The van der Waals surface area contributed by atoms with Crippen molar-refractivity contribution in [2.45, 2.75) is 0 Å². The number of aromatic nitrogens is 3. The number of hydrogen-bond donors (Lipinski definition) is 0. The van der Waals surface area contributed by atoms with Crippen LogP contribution in [0.25, 0.3) is 32.8 Å². The van der Waals surface area contributed by atoms with E-state index < -0.39 is 0 Å². The van der Waals surface area contributed by atoms with Crippen LogP contribution in [0.3, 0.4) is 0 Å². The number of imidazole rings is 1. The van der Waals surface area contributed by atoms with Gasteiger partial charge < -0.3 is 14.8 Å². The van der Waals surface area contributed by atoms with Crippen LogP contribution >= 0.6 is 0 Å². The van der Waals surface area contributed by atoms with Crippen molar-refractivity contribution < 1.29 is 0 Å². The lowest BCUT2D eigenvalue weighted by Gasteiger charge is -2.38. The van der Waals surface area contributed by atoms with Gasteiger partial charge in [0.25, 0.3) is 0 Å². The number of nitrogens with zero attached hydrogens (tertiary/aromatic N) is 7. The van der Waals surface area contributed by atoms with Gasteiger partial charge in [0, 0.05) is 50.4 Å². The Bertz CT molecular complexity index is 1910. The molecule has 0 saturated heterocycles. The Morgan fingerprint density at radius 1 is 0.610 bits per heavy atom. The Labute approximate surface area is 239 Å². The van der Waals surface area contributed by atoms with Crippen LogP contribution in [-0.4, -0.2) is 54.9 Å². The molecule has 0 amide bonds. The molecular formula is C34H31N7. The third-order valence-corrected chi connectivity index (χ3v) is 8.41. The summed E-state index contributed by atoms with van der Waals surface area (Å²) < 4.78 is 2.26. The first-order valence-electron chi connectivity index (χ1n) is 14.2. The van der Waals surface area contributed by atoms with Gasteiger partial charge in [0.1, 0.15) is 5.82 Å². The van der Waals surface area contributed by atoms with Gasteiger partial charge in [-0.2, -0.15) is 4.98 Å². The lowest BCUT2D eigenvalue weighted by molar-refractivity contribution is 0.591. The molecule has 0 aliphatic carbocycles. The third-order valence-electron chi connectivity index (χ3n) is 8.41. The van der Waals surface area contributed by atoms with Crippen LogP contribution in [-0.2, 0) is 0 Å². The van der Waals surface area contributed by atoms with Gasteiger partial charge in [-0.1, -0.05) is 72.8 Å². The maximum Gasteiger partial charge on any atom is 0.234 e. The number of fused-ring (bicyclic) bond motifs is 5. The largest absolute Gasteiger partial charge is 0.355 e. The molecule has 6 aromatic rings. The first-order chi connectivity index (χ1) is 20.2. The highest BCUT2D eigenvalue weighted by atomic mass is 15.7.